The van der Waals surface area contributed by atoms with Gasteiger partial charge >= 0.3 is 0 Å². The van der Waals surface area contributed by atoms with Crippen molar-refractivity contribution in [2.75, 3.05) is 46.6 Å². The third kappa shape index (κ3) is 12.2. The summed E-state index contributed by atoms with van der Waals surface area (Å²) in [4.78, 5) is 4.58. The monoisotopic (exact) mass is 463 g/mol. The molecule has 25 heavy (non-hydrogen) atoms. The second-order valence-electron chi connectivity index (χ2n) is 5.75. The van der Waals surface area contributed by atoms with Gasteiger partial charge in [0.25, 0.3) is 0 Å². The predicted molar refractivity (Wildman–Crippen MR) is 116 cm³/mol. The first-order valence-corrected chi connectivity index (χ1v) is 8.91. The van der Waals surface area contributed by atoms with Gasteiger partial charge in [-0.3, -0.25) is 4.99 Å². The van der Waals surface area contributed by atoms with Crippen LogP contribution in [0.25, 0.3) is 0 Å². The number of hydrogen-bond acceptors (Lipinski definition) is 3. The lowest BCUT2D eigenvalue weighted by atomic mass is 9.98. The van der Waals surface area contributed by atoms with Crippen LogP contribution in [-0.2, 0) is 9.47 Å². The van der Waals surface area contributed by atoms with Crippen molar-refractivity contribution in [3.8, 4) is 0 Å². The first-order valence-electron chi connectivity index (χ1n) is 8.91. The molecule has 0 aliphatic rings. The number of nitrogens with one attached hydrogen (secondary N) is 2. The van der Waals surface area contributed by atoms with E-state index in [2.05, 4.69) is 59.8 Å². The third-order valence-electron chi connectivity index (χ3n) is 3.73. The summed E-state index contributed by atoms with van der Waals surface area (Å²) in [6, 6.07) is 10.6. The molecule has 6 heteroatoms. The van der Waals surface area contributed by atoms with Gasteiger partial charge in [0.2, 0.25) is 0 Å². The van der Waals surface area contributed by atoms with Crippen molar-refractivity contribution < 1.29 is 9.47 Å². The normalized spacial score (nSPS) is 12.4. The Morgan fingerprint density at radius 2 is 1.88 bits per heavy atom. The van der Waals surface area contributed by atoms with E-state index in [4.69, 9.17) is 9.47 Å². The second-order valence-corrected chi connectivity index (χ2v) is 5.75. The highest BCUT2D eigenvalue weighted by molar-refractivity contribution is 14.0. The van der Waals surface area contributed by atoms with Crippen molar-refractivity contribution in [1.82, 2.24) is 10.6 Å². The lowest BCUT2D eigenvalue weighted by molar-refractivity contribution is 0.0702. The number of rotatable bonds is 12. The van der Waals surface area contributed by atoms with Crippen LogP contribution in [0.4, 0.5) is 0 Å². The number of nitrogens with zero attached hydrogens (tertiary/aromatic N) is 1. The average Bonchev–Trinajstić information content (AvgIpc) is 2.61. The van der Waals surface area contributed by atoms with E-state index in [1.165, 1.54) is 5.56 Å². The highest BCUT2D eigenvalue weighted by atomic mass is 127. The minimum atomic E-state index is 0. The molecule has 2 N–H and O–H groups in total. The van der Waals surface area contributed by atoms with Crippen molar-refractivity contribution in [2.45, 2.75) is 32.6 Å². The Morgan fingerprint density at radius 3 is 2.56 bits per heavy atom. The van der Waals surface area contributed by atoms with Gasteiger partial charge in [0.1, 0.15) is 0 Å². The number of guanidine groups is 1. The minimum absolute atomic E-state index is 0. The van der Waals surface area contributed by atoms with E-state index >= 15 is 0 Å². The molecule has 0 aromatic heterocycles. The number of hydrogen-bond donors (Lipinski definition) is 2. The Morgan fingerprint density at radius 1 is 1.12 bits per heavy atom. The number of halogens is 1. The van der Waals surface area contributed by atoms with Gasteiger partial charge in [-0.2, -0.15) is 0 Å². The summed E-state index contributed by atoms with van der Waals surface area (Å²) >= 11 is 0. The molecule has 0 heterocycles. The quantitative estimate of drug-likeness (QED) is 0.216. The van der Waals surface area contributed by atoms with Crippen molar-refractivity contribution in [3.63, 3.8) is 0 Å². The van der Waals surface area contributed by atoms with E-state index < -0.39 is 0 Å². The molecule has 1 atom stereocenters. The van der Waals surface area contributed by atoms with Crippen LogP contribution < -0.4 is 10.6 Å². The number of ether oxygens (including phenoxy) is 2. The molecule has 5 nitrogen and oxygen atoms in total. The van der Waals surface area contributed by atoms with Crippen LogP contribution in [0.2, 0.25) is 0 Å². The first kappa shape index (κ1) is 24.1. The van der Waals surface area contributed by atoms with Crippen molar-refractivity contribution in [3.05, 3.63) is 35.9 Å². The van der Waals surface area contributed by atoms with Crippen molar-refractivity contribution in [1.29, 1.82) is 0 Å². The fraction of sp³-hybridized carbons (Fsp3) is 0.632. The molecule has 144 valence electrons. The van der Waals surface area contributed by atoms with Crippen LogP contribution in [0.15, 0.2) is 35.3 Å². The molecule has 0 saturated heterocycles. The van der Waals surface area contributed by atoms with E-state index in [-0.39, 0.29) is 24.0 Å². The zero-order valence-electron chi connectivity index (χ0n) is 15.8. The molecule has 0 saturated carbocycles. The van der Waals surface area contributed by atoms with Crippen LogP contribution in [0.1, 0.15) is 38.2 Å². The average molecular weight is 463 g/mol. The zero-order chi connectivity index (χ0) is 17.5. The molecule has 0 aliphatic heterocycles. The van der Waals surface area contributed by atoms with Gasteiger partial charge in [-0.1, -0.05) is 37.3 Å². The largest absolute Gasteiger partial charge is 0.382 e. The minimum Gasteiger partial charge on any atom is -0.382 e. The number of benzene rings is 1. The summed E-state index contributed by atoms with van der Waals surface area (Å²) in [6.07, 6.45) is 2.00. The summed E-state index contributed by atoms with van der Waals surface area (Å²) in [5.74, 6) is 1.42. The predicted octanol–water partition coefficient (Wildman–Crippen LogP) is 3.41. The maximum Gasteiger partial charge on any atom is 0.191 e. The lowest BCUT2D eigenvalue weighted by Gasteiger charge is -2.15. The van der Waals surface area contributed by atoms with Gasteiger partial charge in [-0.05, 0) is 31.2 Å². The molecular weight excluding hydrogens is 429 g/mol. The fourth-order valence-corrected chi connectivity index (χ4v) is 2.30. The molecule has 1 aromatic carbocycles. The van der Waals surface area contributed by atoms with Gasteiger partial charge < -0.3 is 20.1 Å². The number of methoxy groups -OCH3 is 1. The summed E-state index contributed by atoms with van der Waals surface area (Å²) in [6.45, 7) is 8.89. The molecule has 0 aliphatic carbocycles. The molecular formula is C19H34IN3O2. The van der Waals surface area contributed by atoms with Gasteiger partial charge in [-0.25, -0.2) is 0 Å². The highest BCUT2D eigenvalue weighted by Gasteiger charge is 2.05. The summed E-state index contributed by atoms with van der Waals surface area (Å²) < 4.78 is 10.4. The molecule has 0 spiro atoms. The van der Waals surface area contributed by atoms with E-state index in [9.17, 15) is 0 Å². The van der Waals surface area contributed by atoms with Crippen LogP contribution in [0, 0.1) is 0 Å². The van der Waals surface area contributed by atoms with Crippen molar-refractivity contribution >= 4 is 29.9 Å². The second kappa shape index (κ2) is 16.6. The van der Waals surface area contributed by atoms with Crippen LogP contribution in [0.3, 0.4) is 0 Å². The topological polar surface area (TPSA) is 54.9 Å². The fourth-order valence-electron chi connectivity index (χ4n) is 2.30. The summed E-state index contributed by atoms with van der Waals surface area (Å²) in [5, 5.41) is 6.70. The van der Waals surface area contributed by atoms with Crippen LogP contribution in [0.5, 0.6) is 0 Å². The standard InChI is InChI=1S/C19H33N3O2.HI/c1-4-20-19(21-12-8-14-24-16-15-23-3)22-13-11-17(2)18-9-6-5-7-10-18;/h5-7,9-10,17H,4,8,11-16H2,1-3H3,(H2,20,21,22);1H. The van der Waals surface area contributed by atoms with E-state index in [0.29, 0.717) is 19.1 Å². The van der Waals surface area contributed by atoms with Gasteiger partial charge in [0.15, 0.2) is 5.96 Å². The van der Waals surface area contributed by atoms with E-state index in [1.807, 2.05) is 0 Å². The molecule has 0 radical (unpaired) electrons. The molecule has 1 rings (SSSR count). The van der Waals surface area contributed by atoms with Gasteiger partial charge in [0.05, 0.1) is 13.2 Å². The SMILES string of the molecule is CCNC(=NCCCOCCOC)NCCC(C)c1ccccc1.I. The summed E-state index contributed by atoms with van der Waals surface area (Å²) in [5.41, 5.74) is 1.38. The van der Waals surface area contributed by atoms with Gasteiger partial charge in [0, 0.05) is 33.4 Å². The van der Waals surface area contributed by atoms with Gasteiger partial charge in [-0.15, -0.1) is 24.0 Å². The molecule has 1 aromatic rings. The molecule has 1 unspecified atom stereocenters. The van der Waals surface area contributed by atoms with E-state index in [0.717, 1.165) is 45.0 Å². The summed E-state index contributed by atoms with van der Waals surface area (Å²) in [7, 11) is 1.68. The Hall–Kier alpha value is -0.860. The molecule has 0 fully saturated rings. The Balaban J connectivity index is 0.00000576. The maximum absolute atomic E-state index is 5.44. The zero-order valence-corrected chi connectivity index (χ0v) is 18.1. The Kier molecular flexibility index (Phi) is 16.0. The number of aliphatic imine (C=N–C) groups is 1. The maximum atomic E-state index is 5.44. The van der Waals surface area contributed by atoms with Crippen LogP contribution in [-0.4, -0.2) is 52.5 Å². The highest BCUT2D eigenvalue weighted by Crippen LogP contribution is 2.17. The Bertz CT molecular complexity index is 444. The smallest absolute Gasteiger partial charge is 0.191 e. The third-order valence-corrected chi connectivity index (χ3v) is 3.73. The first-order chi connectivity index (χ1) is 11.8. The molecule has 0 amide bonds. The van der Waals surface area contributed by atoms with E-state index in [1.54, 1.807) is 7.11 Å². The van der Waals surface area contributed by atoms with Crippen molar-refractivity contribution in [2.24, 2.45) is 4.99 Å². The lowest BCUT2D eigenvalue weighted by Crippen LogP contribution is -2.38. The molecule has 0 bridgehead atoms. The van der Waals surface area contributed by atoms with Crippen LogP contribution >= 0.6 is 24.0 Å². The Labute approximate surface area is 170 Å².